The number of rotatable bonds is 3. The average Bonchev–Trinajstić information content (AvgIpc) is 3.18. The van der Waals surface area contributed by atoms with E-state index in [9.17, 15) is 19.5 Å². The number of carboxylic acids is 1. The van der Waals surface area contributed by atoms with Crippen LogP contribution in [-0.4, -0.2) is 17.8 Å². The maximum Gasteiger partial charge on any atom is 0.273 e. The van der Waals surface area contributed by atoms with Crippen LogP contribution in [0.5, 0.6) is 0 Å². The number of nitrogens with one attached hydrogen (secondary N) is 2. The van der Waals surface area contributed by atoms with Crippen molar-refractivity contribution in [1.29, 1.82) is 0 Å². The van der Waals surface area contributed by atoms with Crippen molar-refractivity contribution < 1.29 is 23.9 Å². The van der Waals surface area contributed by atoms with E-state index in [0.717, 1.165) is 19.3 Å². The molecule has 0 radical (unpaired) electrons. The molecule has 2 fully saturated rings. The second kappa shape index (κ2) is 5.47. The number of carboxylic acid groups (broad SMARTS) is 1. The van der Waals surface area contributed by atoms with Gasteiger partial charge in [0.15, 0.2) is 0 Å². The van der Waals surface area contributed by atoms with Crippen molar-refractivity contribution in [2.75, 3.05) is 0 Å². The van der Waals surface area contributed by atoms with E-state index >= 15 is 0 Å². The Morgan fingerprint density at radius 1 is 1.18 bits per heavy atom. The summed E-state index contributed by atoms with van der Waals surface area (Å²) in [7, 11) is 0. The molecule has 0 aromatic carbocycles. The summed E-state index contributed by atoms with van der Waals surface area (Å²) < 4.78 is 5.02. The van der Waals surface area contributed by atoms with E-state index in [1.165, 1.54) is 12.3 Å². The molecule has 3 rings (SSSR count). The third kappa shape index (κ3) is 2.36. The van der Waals surface area contributed by atoms with Gasteiger partial charge in [-0.3, -0.25) is 20.4 Å². The standard InChI is InChI=1S/C15H18N2O5/c1-7-10(4-5-22-7)13(18)16-17-14(19)11-8-2-3-9(6-8)12(11)15(20)21/h4-5,8-9,11-12H,2-3,6H2,1H3,(H,16,18)(H,17,19)(H,20,21)/p-1/t8-,9+,11-,12+/m1/s1. The minimum atomic E-state index is -1.18. The number of furan rings is 1. The molecule has 2 bridgehead atoms. The van der Waals surface area contributed by atoms with Gasteiger partial charge in [0.25, 0.3) is 5.91 Å². The van der Waals surface area contributed by atoms with Crippen molar-refractivity contribution >= 4 is 17.8 Å². The first-order chi connectivity index (χ1) is 10.5. The summed E-state index contributed by atoms with van der Waals surface area (Å²) in [4.78, 5) is 35.5. The van der Waals surface area contributed by atoms with Gasteiger partial charge in [-0.1, -0.05) is 0 Å². The van der Waals surface area contributed by atoms with E-state index in [2.05, 4.69) is 10.9 Å². The van der Waals surface area contributed by atoms with Crippen LogP contribution < -0.4 is 16.0 Å². The quantitative estimate of drug-likeness (QED) is 0.749. The molecule has 118 valence electrons. The van der Waals surface area contributed by atoms with E-state index in [1.807, 2.05) is 0 Å². The third-order valence-corrected chi connectivity index (χ3v) is 4.89. The fraction of sp³-hybridized carbons (Fsp3) is 0.533. The summed E-state index contributed by atoms with van der Waals surface area (Å²) in [5, 5.41) is 11.3. The predicted molar refractivity (Wildman–Crippen MR) is 71.9 cm³/mol. The van der Waals surface area contributed by atoms with Crippen molar-refractivity contribution in [2.24, 2.45) is 23.7 Å². The zero-order valence-corrected chi connectivity index (χ0v) is 12.1. The number of hydrogen-bond donors (Lipinski definition) is 2. The summed E-state index contributed by atoms with van der Waals surface area (Å²) in [6.45, 7) is 1.64. The molecule has 1 aromatic rings. The third-order valence-electron chi connectivity index (χ3n) is 4.89. The molecular weight excluding hydrogens is 288 g/mol. The average molecular weight is 305 g/mol. The van der Waals surface area contributed by atoms with Crippen molar-refractivity contribution in [1.82, 2.24) is 10.9 Å². The van der Waals surface area contributed by atoms with E-state index < -0.39 is 29.6 Å². The number of carbonyl (C=O) groups is 3. The van der Waals surface area contributed by atoms with Crippen LogP contribution in [0.4, 0.5) is 0 Å². The number of fused-ring (bicyclic) bond motifs is 2. The minimum Gasteiger partial charge on any atom is -0.550 e. The summed E-state index contributed by atoms with van der Waals surface area (Å²) >= 11 is 0. The molecule has 7 nitrogen and oxygen atoms in total. The Hall–Kier alpha value is -2.31. The Labute approximate surface area is 127 Å². The van der Waals surface area contributed by atoms with Crippen LogP contribution in [0.25, 0.3) is 0 Å². The summed E-state index contributed by atoms with van der Waals surface area (Å²) in [6, 6.07) is 1.50. The second-order valence-electron chi connectivity index (χ2n) is 6.04. The number of aliphatic carboxylic acids is 1. The van der Waals surface area contributed by atoms with E-state index in [-0.39, 0.29) is 11.8 Å². The maximum absolute atomic E-state index is 12.3. The zero-order chi connectivity index (χ0) is 15.9. The predicted octanol–water partition coefficient (Wildman–Crippen LogP) is -0.239. The molecule has 4 atom stereocenters. The van der Waals surface area contributed by atoms with Gasteiger partial charge in [-0.2, -0.15) is 0 Å². The van der Waals surface area contributed by atoms with Crippen molar-refractivity contribution in [3.05, 3.63) is 23.7 Å². The Kier molecular flexibility index (Phi) is 3.64. The maximum atomic E-state index is 12.3. The minimum absolute atomic E-state index is 0.0116. The molecule has 7 heteroatoms. The van der Waals surface area contributed by atoms with Crippen LogP contribution in [0.2, 0.25) is 0 Å². The van der Waals surface area contributed by atoms with Crippen LogP contribution >= 0.6 is 0 Å². The molecule has 1 aromatic heterocycles. The molecule has 2 amide bonds. The summed E-state index contributed by atoms with van der Waals surface area (Å²) in [6.07, 6.45) is 3.80. The molecule has 0 aliphatic heterocycles. The highest BCUT2D eigenvalue weighted by Crippen LogP contribution is 2.52. The van der Waals surface area contributed by atoms with Gasteiger partial charge >= 0.3 is 0 Å². The van der Waals surface area contributed by atoms with Crippen LogP contribution in [0.15, 0.2) is 16.7 Å². The lowest BCUT2D eigenvalue weighted by Gasteiger charge is -2.30. The molecular formula is C15H17N2O5-. The van der Waals surface area contributed by atoms with E-state index in [1.54, 1.807) is 6.92 Å². The molecule has 2 saturated carbocycles. The lowest BCUT2D eigenvalue weighted by Crippen LogP contribution is -2.50. The normalized spacial score (nSPS) is 29.3. The molecule has 2 aliphatic carbocycles. The first-order valence-corrected chi connectivity index (χ1v) is 7.34. The topological polar surface area (TPSA) is 111 Å². The first kappa shape index (κ1) is 14.6. The van der Waals surface area contributed by atoms with Crippen LogP contribution in [0.3, 0.4) is 0 Å². The molecule has 1 heterocycles. The Balaban J connectivity index is 1.63. The molecule has 2 N–H and O–H groups in total. The highest BCUT2D eigenvalue weighted by atomic mass is 16.4. The highest BCUT2D eigenvalue weighted by molar-refractivity contribution is 5.96. The van der Waals surface area contributed by atoms with Gasteiger partial charge in [0.2, 0.25) is 5.91 Å². The number of carbonyl (C=O) groups excluding carboxylic acids is 3. The van der Waals surface area contributed by atoms with Crippen molar-refractivity contribution in [3.8, 4) is 0 Å². The smallest absolute Gasteiger partial charge is 0.273 e. The lowest BCUT2D eigenvalue weighted by molar-refractivity contribution is -0.314. The van der Waals surface area contributed by atoms with Gasteiger partial charge in [-0.15, -0.1) is 0 Å². The van der Waals surface area contributed by atoms with Crippen molar-refractivity contribution in [3.63, 3.8) is 0 Å². The SMILES string of the molecule is Cc1occc1C(=O)NNC(=O)[C@@H]1[C@@H]2CC[C@@H](C2)[C@@H]1C(=O)[O-]. The molecule has 0 saturated heterocycles. The molecule has 2 aliphatic rings. The first-order valence-electron chi connectivity index (χ1n) is 7.34. The lowest BCUT2D eigenvalue weighted by atomic mass is 9.79. The van der Waals surface area contributed by atoms with Crippen LogP contribution in [-0.2, 0) is 9.59 Å². The van der Waals surface area contributed by atoms with E-state index in [0.29, 0.717) is 11.3 Å². The second-order valence-corrected chi connectivity index (χ2v) is 6.04. The molecule has 0 unspecified atom stereocenters. The van der Waals surface area contributed by atoms with Gasteiger partial charge < -0.3 is 14.3 Å². The number of hydrazine groups is 1. The fourth-order valence-electron chi connectivity index (χ4n) is 3.90. The monoisotopic (exact) mass is 305 g/mol. The summed E-state index contributed by atoms with van der Waals surface area (Å²) in [5.74, 6) is -3.01. The Morgan fingerprint density at radius 3 is 2.45 bits per heavy atom. The Morgan fingerprint density at radius 2 is 1.86 bits per heavy atom. The van der Waals surface area contributed by atoms with Gasteiger partial charge in [-0.05, 0) is 44.1 Å². The van der Waals surface area contributed by atoms with Crippen molar-refractivity contribution in [2.45, 2.75) is 26.2 Å². The largest absolute Gasteiger partial charge is 0.550 e. The van der Waals surface area contributed by atoms with Crippen LogP contribution in [0, 0.1) is 30.6 Å². The fourth-order valence-corrected chi connectivity index (χ4v) is 3.90. The Bertz CT molecular complexity index is 623. The zero-order valence-electron chi connectivity index (χ0n) is 12.1. The number of hydrogen-bond acceptors (Lipinski definition) is 5. The molecule has 22 heavy (non-hydrogen) atoms. The van der Waals surface area contributed by atoms with Gasteiger partial charge in [0, 0.05) is 11.9 Å². The van der Waals surface area contributed by atoms with E-state index in [4.69, 9.17) is 4.42 Å². The van der Waals surface area contributed by atoms with Gasteiger partial charge in [-0.25, -0.2) is 0 Å². The van der Waals surface area contributed by atoms with Gasteiger partial charge in [0.1, 0.15) is 5.76 Å². The highest BCUT2D eigenvalue weighted by Gasteiger charge is 2.51. The van der Waals surface area contributed by atoms with Gasteiger partial charge in [0.05, 0.1) is 17.7 Å². The number of aryl methyl sites for hydroxylation is 1. The van der Waals surface area contributed by atoms with Crippen LogP contribution in [0.1, 0.15) is 35.4 Å². The summed E-state index contributed by atoms with van der Waals surface area (Å²) in [5.41, 5.74) is 4.97. The molecule has 0 spiro atoms. The number of amides is 2.